The molecule has 6 heteroatoms. The normalized spacial score (nSPS) is 19.2. The molecule has 5 nitrogen and oxygen atoms in total. The van der Waals surface area contributed by atoms with Crippen LogP contribution in [0.5, 0.6) is 5.75 Å². The van der Waals surface area contributed by atoms with E-state index in [1.807, 2.05) is 11.3 Å². The van der Waals surface area contributed by atoms with E-state index in [1.54, 1.807) is 6.07 Å². The van der Waals surface area contributed by atoms with Gasteiger partial charge in [0.05, 0.1) is 6.04 Å². The van der Waals surface area contributed by atoms with Crippen LogP contribution < -0.4 is 10.5 Å². The van der Waals surface area contributed by atoms with Crippen LogP contribution in [0.15, 0.2) is 18.2 Å². The van der Waals surface area contributed by atoms with Crippen LogP contribution in [0.2, 0.25) is 0 Å². The maximum Gasteiger partial charge on any atom is 0.234 e. The molecule has 21 heavy (non-hydrogen) atoms. The van der Waals surface area contributed by atoms with Crippen LogP contribution in [0.3, 0.4) is 0 Å². The molecular formula is C15H18FN2O3. The van der Waals surface area contributed by atoms with Gasteiger partial charge >= 0.3 is 0 Å². The summed E-state index contributed by atoms with van der Waals surface area (Å²) >= 11 is 0. The Labute approximate surface area is 122 Å². The first-order valence-corrected chi connectivity index (χ1v) is 6.81. The van der Waals surface area contributed by atoms with Gasteiger partial charge in [0.15, 0.2) is 17.9 Å². The molecular weight excluding hydrogens is 275 g/mol. The van der Waals surface area contributed by atoms with Crippen molar-refractivity contribution >= 4 is 12.2 Å². The lowest BCUT2D eigenvalue weighted by molar-refractivity contribution is -0.124. The van der Waals surface area contributed by atoms with Gasteiger partial charge in [-0.15, -0.1) is 0 Å². The maximum absolute atomic E-state index is 13.8. The minimum atomic E-state index is -0.520. The first-order chi connectivity index (χ1) is 10.1. The Balaban J connectivity index is 2.06. The highest BCUT2D eigenvalue weighted by Gasteiger charge is 2.27. The summed E-state index contributed by atoms with van der Waals surface area (Å²) in [7, 11) is 0. The lowest BCUT2D eigenvalue weighted by atomic mass is 10.0. The lowest BCUT2D eigenvalue weighted by Gasteiger charge is -2.33. The summed E-state index contributed by atoms with van der Waals surface area (Å²) in [5.41, 5.74) is 6.13. The van der Waals surface area contributed by atoms with Gasteiger partial charge < -0.3 is 10.5 Å². The van der Waals surface area contributed by atoms with E-state index in [0.717, 1.165) is 18.5 Å². The molecule has 0 bridgehead atoms. The third-order valence-corrected chi connectivity index (χ3v) is 3.47. The highest BCUT2D eigenvalue weighted by Crippen LogP contribution is 2.22. The number of hydrogen-bond donors (Lipinski definition) is 1. The molecule has 0 aliphatic carbocycles. The van der Waals surface area contributed by atoms with E-state index in [2.05, 4.69) is 0 Å². The summed E-state index contributed by atoms with van der Waals surface area (Å²) < 4.78 is 18.8. The zero-order valence-corrected chi connectivity index (χ0v) is 11.6. The molecule has 1 aromatic rings. The standard InChI is InChI=1S/C15H18FN2O3/c16-12-9-11(4-5-14(12)21-8-7-19)10-18-6-2-1-3-13(18)15(17)20/h1,4-5,7,9,13H,2-3,6,8,10H2,(H2,17,20). The largest absolute Gasteiger partial charge is 0.483 e. The number of hydrogen-bond acceptors (Lipinski definition) is 4. The number of carbonyl (C=O) groups is 2. The number of rotatable bonds is 6. The SMILES string of the molecule is NC(=O)C1C[CH]CCN1Cc1ccc(OCC=O)c(F)c1. The summed E-state index contributed by atoms with van der Waals surface area (Å²) in [4.78, 5) is 23.6. The third-order valence-electron chi connectivity index (χ3n) is 3.47. The van der Waals surface area contributed by atoms with Gasteiger partial charge in [0, 0.05) is 6.54 Å². The number of primary amides is 1. The highest BCUT2D eigenvalue weighted by atomic mass is 19.1. The molecule has 0 spiro atoms. The van der Waals surface area contributed by atoms with Crippen LogP contribution in [0.4, 0.5) is 4.39 Å². The van der Waals surface area contributed by atoms with Gasteiger partial charge in [0.25, 0.3) is 0 Å². The average Bonchev–Trinajstić information content (AvgIpc) is 2.47. The van der Waals surface area contributed by atoms with Crippen molar-refractivity contribution in [2.45, 2.75) is 25.4 Å². The number of benzene rings is 1. The number of likely N-dealkylation sites (tertiary alicyclic amines) is 1. The molecule has 0 aromatic heterocycles. The zero-order valence-electron chi connectivity index (χ0n) is 11.6. The van der Waals surface area contributed by atoms with Gasteiger partial charge in [-0.3, -0.25) is 14.5 Å². The van der Waals surface area contributed by atoms with Crippen molar-refractivity contribution in [2.75, 3.05) is 13.2 Å². The molecule has 1 aliphatic heterocycles. The fourth-order valence-electron chi connectivity index (χ4n) is 2.44. The summed E-state index contributed by atoms with van der Waals surface area (Å²) in [6, 6.07) is 4.23. The Morgan fingerprint density at radius 3 is 3.00 bits per heavy atom. The Bertz CT molecular complexity index is 522. The second kappa shape index (κ2) is 7.17. The number of ether oxygens (including phenoxy) is 1. The van der Waals surface area contributed by atoms with Crippen molar-refractivity contribution in [3.63, 3.8) is 0 Å². The molecule has 1 fully saturated rings. The van der Waals surface area contributed by atoms with Crippen molar-refractivity contribution < 1.29 is 18.7 Å². The number of carbonyl (C=O) groups excluding carboxylic acids is 2. The topological polar surface area (TPSA) is 72.6 Å². The number of nitrogens with two attached hydrogens (primary N) is 1. The van der Waals surface area contributed by atoms with Gasteiger partial charge in [-0.1, -0.05) is 6.07 Å². The van der Waals surface area contributed by atoms with Crippen molar-refractivity contribution in [3.05, 3.63) is 36.0 Å². The van der Waals surface area contributed by atoms with Crippen LogP contribution >= 0.6 is 0 Å². The third kappa shape index (κ3) is 4.01. The molecule has 113 valence electrons. The Hall–Kier alpha value is -1.95. The number of piperidine rings is 1. The van der Waals surface area contributed by atoms with Crippen molar-refractivity contribution in [1.29, 1.82) is 0 Å². The van der Waals surface area contributed by atoms with E-state index < -0.39 is 5.82 Å². The molecule has 1 heterocycles. The summed E-state index contributed by atoms with van der Waals surface area (Å²) in [5.74, 6) is -0.838. The molecule has 2 rings (SSSR count). The Kier molecular flexibility index (Phi) is 5.27. The zero-order chi connectivity index (χ0) is 15.2. The highest BCUT2D eigenvalue weighted by molar-refractivity contribution is 5.80. The molecule has 2 N–H and O–H groups in total. The molecule has 1 atom stereocenters. The number of aldehydes is 1. The van der Waals surface area contributed by atoms with Crippen LogP contribution in [0.25, 0.3) is 0 Å². The van der Waals surface area contributed by atoms with Crippen LogP contribution in [0, 0.1) is 12.2 Å². The molecule has 1 aromatic carbocycles. The van der Waals surface area contributed by atoms with Crippen LogP contribution in [0.1, 0.15) is 18.4 Å². The predicted molar refractivity (Wildman–Crippen MR) is 74.9 cm³/mol. The van der Waals surface area contributed by atoms with Gasteiger partial charge in [0.1, 0.15) is 6.61 Å². The van der Waals surface area contributed by atoms with Crippen LogP contribution in [-0.2, 0) is 16.1 Å². The van der Waals surface area contributed by atoms with Crippen molar-refractivity contribution in [3.8, 4) is 5.75 Å². The molecule has 1 radical (unpaired) electrons. The second-order valence-corrected chi connectivity index (χ2v) is 4.94. The smallest absolute Gasteiger partial charge is 0.234 e. The molecule has 1 unspecified atom stereocenters. The average molecular weight is 293 g/mol. The lowest BCUT2D eigenvalue weighted by Crippen LogP contribution is -2.47. The number of nitrogens with zero attached hydrogens (tertiary/aromatic N) is 1. The van der Waals surface area contributed by atoms with E-state index in [-0.39, 0.29) is 24.3 Å². The van der Waals surface area contributed by atoms with E-state index in [1.165, 1.54) is 12.1 Å². The van der Waals surface area contributed by atoms with E-state index in [9.17, 15) is 14.0 Å². The van der Waals surface area contributed by atoms with Gasteiger partial charge in [0.2, 0.25) is 5.91 Å². The second-order valence-electron chi connectivity index (χ2n) is 4.94. The minimum absolute atomic E-state index is 0.0456. The van der Waals surface area contributed by atoms with E-state index >= 15 is 0 Å². The predicted octanol–water partition coefficient (Wildman–Crippen LogP) is 1.06. The first kappa shape index (κ1) is 15.4. The fourth-order valence-corrected chi connectivity index (χ4v) is 2.44. The first-order valence-electron chi connectivity index (χ1n) is 6.81. The molecule has 0 saturated carbocycles. The van der Waals surface area contributed by atoms with Gasteiger partial charge in [-0.2, -0.15) is 0 Å². The summed E-state index contributed by atoms with van der Waals surface area (Å²) in [6.07, 6.45) is 4.11. The fraction of sp³-hybridized carbons (Fsp3) is 0.400. The minimum Gasteiger partial charge on any atom is -0.483 e. The van der Waals surface area contributed by atoms with Crippen LogP contribution in [-0.4, -0.2) is 36.3 Å². The van der Waals surface area contributed by atoms with E-state index in [0.29, 0.717) is 19.3 Å². The molecule has 1 saturated heterocycles. The molecule has 1 amide bonds. The quantitative estimate of drug-likeness (QED) is 0.796. The summed E-state index contributed by atoms with van der Waals surface area (Å²) in [6.45, 7) is 0.993. The number of halogens is 1. The summed E-state index contributed by atoms with van der Waals surface area (Å²) in [5, 5.41) is 0. The molecule has 1 aliphatic rings. The van der Waals surface area contributed by atoms with Crippen molar-refractivity contribution in [2.24, 2.45) is 5.73 Å². The van der Waals surface area contributed by atoms with Crippen molar-refractivity contribution in [1.82, 2.24) is 4.90 Å². The maximum atomic E-state index is 13.8. The Morgan fingerprint density at radius 1 is 1.52 bits per heavy atom. The van der Waals surface area contributed by atoms with E-state index in [4.69, 9.17) is 10.5 Å². The Morgan fingerprint density at radius 2 is 2.33 bits per heavy atom. The van der Waals surface area contributed by atoms with Gasteiger partial charge in [-0.25, -0.2) is 4.39 Å². The number of amides is 1. The monoisotopic (exact) mass is 293 g/mol. The van der Waals surface area contributed by atoms with Gasteiger partial charge in [-0.05, 0) is 43.5 Å².